The van der Waals surface area contributed by atoms with Crippen molar-refractivity contribution in [3.63, 3.8) is 0 Å². The first kappa shape index (κ1) is 39.8. The summed E-state index contributed by atoms with van der Waals surface area (Å²) in [5, 5.41) is 12.4. The molecule has 5 aromatic rings. The number of pyridine rings is 1. The molecule has 3 aromatic heterocycles. The van der Waals surface area contributed by atoms with Crippen molar-refractivity contribution >= 4 is 51.8 Å². The van der Waals surface area contributed by atoms with Crippen LogP contribution in [0.15, 0.2) is 58.4 Å². The molecule has 2 aromatic carbocycles. The first-order valence-corrected chi connectivity index (χ1v) is 17.8. The average Bonchev–Trinajstić information content (AvgIpc) is 3.65. The first-order valence-electron chi connectivity index (χ1n) is 17.0. The summed E-state index contributed by atoms with van der Waals surface area (Å²) in [5.41, 5.74) is 5.04. The van der Waals surface area contributed by atoms with Gasteiger partial charge in [-0.15, -0.1) is 0 Å². The van der Waals surface area contributed by atoms with Crippen molar-refractivity contribution in [2.75, 3.05) is 39.6 Å². The van der Waals surface area contributed by atoms with Gasteiger partial charge in [0.15, 0.2) is 5.65 Å². The Labute approximate surface area is 312 Å². The molecular weight excluding hydrogens is 705 g/mol. The Morgan fingerprint density at radius 3 is 2.31 bits per heavy atom. The van der Waals surface area contributed by atoms with E-state index in [4.69, 9.17) is 32.9 Å². The number of carbonyl (C=O) groups excluding carboxylic acids is 1. The number of fused-ring (bicyclic) bond motifs is 2. The van der Waals surface area contributed by atoms with Crippen LogP contribution in [-0.4, -0.2) is 64.4 Å². The highest BCUT2D eigenvalue weighted by Gasteiger charge is 2.22. The molecule has 4 N–H and O–H groups in total. The van der Waals surface area contributed by atoms with Crippen molar-refractivity contribution in [2.45, 2.75) is 39.5 Å². The van der Waals surface area contributed by atoms with E-state index < -0.39 is 11.2 Å². The van der Waals surface area contributed by atoms with Crippen LogP contribution >= 0.6 is 23.2 Å². The van der Waals surface area contributed by atoms with Crippen molar-refractivity contribution in [1.82, 2.24) is 40.0 Å². The fourth-order valence-corrected chi connectivity index (χ4v) is 6.40. The number of urea groups is 1. The smallest absolute Gasteiger partial charge is 0.332 e. The second kappa shape index (κ2) is 18.5. The maximum Gasteiger partial charge on any atom is 0.332 e. The number of benzene rings is 2. The molecule has 1 aliphatic rings. The van der Waals surface area contributed by atoms with Crippen molar-refractivity contribution in [2.24, 2.45) is 14.1 Å². The van der Waals surface area contributed by atoms with E-state index in [9.17, 15) is 14.4 Å². The molecular formula is C37H45Cl2N9O4. The second-order valence-corrected chi connectivity index (χ2v) is 12.3. The van der Waals surface area contributed by atoms with E-state index in [1.165, 1.54) is 23.5 Å². The third-order valence-electron chi connectivity index (χ3n) is 8.42. The Hall–Kier alpha value is -4.98. The third-order valence-corrected chi connectivity index (χ3v) is 9.23. The van der Waals surface area contributed by atoms with Gasteiger partial charge in [-0.25, -0.2) is 24.5 Å². The molecule has 0 bridgehead atoms. The second-order valence-electron chi connectivity index (χ2n) is 11.6. The number of ether oxygens (including phenoxy) is 1. The number of carbonyl (C=O) groups is 1. The number of anilines is 2. The highest BCUT2D eigenvalue weighted by Crippen LogP contribution is 2.43. The zero-order chi connectivity index (χ0) is 37.9. The number of rotatable bonds is 9. The number of aryl methyl sites for hydroxylation is 2. The summed E-state index contributed by atoms with van der Waals surface area (Å²) >= 11 is 13.9. The van der Waals surface area contributed by atoms with E-state index >= 15 is 0 Å². The van der Waals surface area contributed by atoms with E-state index in [1.807, 2.05) is 51.2 Å². The Bertz CT molecular complexity index is 2170. The molecule has 0 radical (unpaired) electrons. The molecule has 276 valence electrons. The first-order chi connectivity index (χ1) is 25.1. The van der Waals surface area contributed by atoms with Gasteiger partial charge >= 0.3 is 11.7 Å². The van der Waals surface area contributed by atoms with Gasteiger partial charge in [-0.3, -0.25) is 13.9 Å². The van der Waals surface area contributed by atoms with Crippen LogP contribution in [0.3, 0.4) is 0 Å². The lowest BCUT2D eigenvalue weighted by atomic mass is 9.99. The summed E-state index contributed by atoms with van der Waals surface area (Å²) in [6.45, 7) is 5.66. The van der Waals surface area contributed by atoms with Crippen LogP contribution in [0.2, 0.25) is 10.0 Å². The highest BCUT2D eigenvalue weighted by atomic mass is 35.5. The lowest BCUT2D eigenvalue weighted by molar-refractivity contribution is 0.243. The Morgan fingerprint density at radius 2 is 1.62 bits per heavy atom. The van der Waals surface area contributed by atoms with Crippen LogP contribution in [-0.2, 0) is 26.9 Å². The van der Waals surface area contributed by atoms with Crippen molar-refractivity contribution in [3.05, 3.63) is 90.8 Å². The SMILES string of the molecule is CC.CNCCCNC(=O)NC.COc1nc(-c2cccc(-c3cccc(Nc4ncnc5c4c(=O)n(C)c(=O)n5C)c3Cl)c2Cl)cc2c1CCC2. The number of nitrogens with zero attached hydrogens (tertiary/aromatic N) is 5. The highest BCUT2D eigenvalue weighted by molar-refractivity contribution is 6.39. The molecule has 6 rings (SSSR count). The molecule has 13 nitrogen and oxygen atoms in total. The maximum atomic E-state index is 13.0. The molecule has 0 unspecified atom stereocenters. The number of methoxy groups -OCH3 is 1. The van der Waals surface area contributed by atoms with Gasteiger partial charge in [0.05, 0.1) is 28.5 Å². The molecule has 0 saturated carbocycles. The minimum absolute atomic E-state index is 0.115. The molecule has 0 spiro atoms. The van der Waals surface area contributed by atoms with E-state index in [2.05, 4.69) is 37.3 Å². The molecule has 1 aliphatic carbocycles. The summed E-state index contributed by atoms with van der Waals surface area (Å²) in [6, 6.07) is 13.2. The Morgan fingerprint density at radius 1 is 0.923 bits per heavy atom. The quantitative estimate of drug-likeness (QED) is 0.136. The molecule has 2 amide bonds. The van der Waals surface area contributed by atoms with Gasteiger partial charge in [0, 0.05) is 49.9 Å². The number of amides is 2. The van der Waals surface area contributed by atoms with E-state index in [0.29, 0.717) is 27.2 Å². The fraction of sp³-hybridized carbons (Fsp3) is 0.351. The van der Waals surface area contributed by atoms with E-state index in [1.54, 1.807) is 27.3 Å². The predicted octanol–water partition coefficient (Wildman–Crippen LogP) is 5.86. The summed E-state index contributed by atoms with van der Waals surface area (Å²) < 4.78 is 7.91. The average molecular weight is 751 g/mol. The number of aromatic nitrogens is 5. The number of halogens is 2. The van der Waals surface area contributed by atoms with Gasteiger partial charge in [0.1, 0.15) is 17.5 Å². The zero-order valence-electron chi connectivity index (χ0n) is 30.5. The lowest BCUT2D eigenvalue weighted by Gasteiger charge is -2.16. The number of nitrogens with one attached hydrogen (secondary N) is 4. The molecule has 0 aliphatic heterocycles. The standard InChI is InChI=1S/C29H24Cl2N6O3.C6H15N3O.C2H6/c1-36-26-22(28(38)37(2)29(36)39)25(32-14-33-26)34-20-12-6-10-18(24(20)31)17-9-5-11-19(23(17)30)21-13-15-7-4-8-16(15)27(35-21)40-3;1-7-4-3-5-9-6(10)8-2;1-2/h5-6,9-14H,4,7-8H2,1-3H3,(H,32,33,34);7H,3-5H2,1-2H3,(H2,8,9,10);1-2H3. The van der Waals surface area contributed by atoms with Crippen LogP contribution in [0.1, 0.15) is 37.8 Å². The molecule has 0 saturated heterocycles. The van der Waals surface area contributed by atoms with E-state index in [-0.39, 0.29) is 22.9 Å². The number of hydrogen-bond donors (Lipinski definition) is 4. The van der Waals surface area contributed by atoms with Crippen LogP contribution in [0.25, 0.3) is 33.4 Å². The van der Waals surface area contributed by atoms with Gasteiger partial charge in [0.2, 0.25) is 5.88 Å². The van der Waals surface area contributed by atoms with Gasteiger partial charge in [-0.2, -0.15) is 0 Å². The maximum absolute atomic E-state index is 13.0. The van der Waals surface area contributed by atoms with Crippen LogP contribution in [0, 0.1) is 0 Å². The zero-order valence-corrected chi connectivity index (χ0v) is 32.0. The van der Waals surface area contributed by atoms with E-state index in [0.717, 1.165) is 65.7 Å². The lowest BCUT2D eigenvalue weighted by Crippen LogP contribution is -2.37. The van der Waals surface area contributed by atoms with Crippen molar-refractivity contribution < 1.29 is 9.53 Å². The Balaban J connectivity index is 0.000000438. The molecule has 52 heavy (non-hydrogen) atoms. The summed E-state index contributed by atoms with van der Waals surface area (Å²) in [6.07, 6.45) is 5.26. The summed E-state index contributed by atoms with van der Waals surface area (Å²) in [7, 11) is 8.09. The molecule has 15 heteroatoms. The van der Waals surface area contributed by atoms with Gasteiger partial charge in [0.25, 0.3) is 5.56 Å². The third kappa shape index (κ3) is 8.55. The van der Waals surface area contributed by atoms with Gasteiger partial charge in [-0.1, -0.05) is 67.4 Å². The van der Waals surface area contributed by atoms with Crippen LogP contribution in [0.5, 0.6) is 5.88 Å². The largest absolute Gasteiger partial charge is 0.481 e. The number of hydrogen-bond acceptors (Lipinski definition) is 9. The predicted molar refractivity (Wildman–Crippen MR) is 209 cm³/mol. The normalized spacial score (nSPS) is 11.5. The topological polar surface area (TPSA) is 157 Å². The van der Waals surface area contributed by atoms with Crippen LogP contribution in [0.4, 0.5) is 16.3 Å². The van der Waals surface area contributed by atoms with Crippen LogP contribution < -0.4 is 37.3 Å². The molecule has 3 heterocycles. The summed E-state index contributed by atoms with van der Waals surface area (Å²) in [4.78, 5) is 49.1. The van der Waals surface area contributed by atoms with Gasteiger partial charge < -0.3 is 26.0 Å². The minimum atomic E-state index is -0.513. The monoisotopic (exact) mass is 749 g/mol. The minimum Gasteiger partial charge on any atom is -0.481 e. The Kier molecular flexibility index (Phi) is 14.2. The summed E-state index contributed by atoms with van der Waals surface area (Å²) in [5.74, 6) is 0.867. The molecule has 0 fully saturated rings. The van der Waals surface area contributed by atoms with Gasteiger partial charge in [-0.05, 0) is 57.0 Å². The van der Waals surface area contributed by atoms with Crippen molar-refractivity contribution in [3.8, 4) is 28.3 Å². The van der Waals surface area contributed by atoms with Crippen molar-refractivity contribution in [1.29, 1.82) is 0 Å². The molecule has 0 atom stereocenters. The fourth-order valence-electron chi connectivity index (χ4n) is 5.80.